The molecule has 0 saturated carbocycles. The number of aromatic amines is 1. The van der Waals surface area contributed by atoms with E-state index in [2.05, 4.69) is 19.9 Å². The molecule has 1 N–H and O–H groups in total. The Balaban J connectivity index is 0.00000182. The van der Waals surface area contributed by atoms with Gasteiger partial charge < -0.3 is 19.4 Å². The number of methoxy groups -OCH3 is 1. The number of nitrogens with zero attached hydrogens (tertiary/aromatic N) is 3. The molecule has 1 saturated heterocycles. The Bertz CT molecular complexity index is 846. The third kappa shape index (κ3) is 3.65. The van der Waals surface area contributed by atoms with Crippen molar-refractivity contribution in [2.75, 3.05) is 33.4 Å². The predicted octanol–water partition coefficient (Wildman–Crippen LogP) is 3.41. The second kappa shape index (κ2) is 7.89. The van der Waals surface area contributed by atoms with Gasteiger partial charge in [-0.2, -0.15) is 0 Å². The lowest BCUT2D eigenvalue weighted by molar-refractivity contribution is 0.254. The summed E-state index contributed by atoms with van der Waals surface area (Å²) in [5, 5.41) is 2.04. The van der Waals surface area contributed by atoms with Gasteiger partial charge in [-0.3, -0.25) is 0 Å². The Morgan fingerprint density at radius 2 is 2.00 bits per heavy atom. The Kier molecular flexibility index (Phi) is 5.60. The molecular weight excluding hydrogens is 340 g/mol. The van der Waals surface area contributed by atoms with Crippen LogP contribution in [0.2, 0.25) is 0 Å². The number of halogens is 1. The van der Waals surface area contributed by atoms with Gasteiger partial charge in [-0.05, 0) is 38.4 Å². The number of fused-ring (bicyclic) bond motifs is 3. The number of ether oxygens (including phenoxy) is 2. The van der Waals surface area contributed by atoms with Crippen molar-refractivity contribution in [2.45, 2.75) is 19.3 Å². The lowest BCUT2D eigenvalue weighted by Crippen LogP contribution is -2.21. The molecule has 0 amide bonds. The molecule has 0 unspecified atom stereocenters. The number of aromatic nitrogens is 3. The van der Waals surface area contributed by atoms with Gasteiger partial charge in [-0.15, -0.1) is 12.4 Å². The highest BCUT2D eigenvalue weighted by atomic mass is 35.5. The minimum Gasteiger partial charge on any atom is -0.493 e. The molecule has 1 aromatic carbocycles. The number of benzene rings is 1. The van der Waals surface area contributed by atoms with E-state index in [1.165, 1.54) is 25.9 Å². The van der Waals surface area contributed by atoms with Crippen LogP contribution in [0, 0.1) is 0 Å². The molecule has 7 heteroatoms. The summed E-state index contributed by atoms with van der Waals surface area (Å²) in [5.41, 5.74) is 1.81. The maximum absolute atomic E-state index is 5.98. The lowest BCUT2D eigenvalue weighted by atomic mass is 10.2. The van der Waals surface area contributed by atoms with Crippen molar-refractivity contribution in [3.8, 4) is 11.5 Å². The van der Waals surface area contributed by atoms with E-state index in [0.717, 1.165) is 46.4 Å². The molecule has 1 aliphatic rings. The van der Waals surface area contributed by atoms with E-state index in [4.69, 9.17) is 9.47 Å². The number of nitrogens with one attached hydrogen (secondary N) is 1. The second-order valence-corrected chi connectivity index (χ2v) is 6.21. The normalized spacial score (nSPS) is 14.8. The van der Waals surface area contributed by atoms with Crippen molar-refractivity contribution in [3.05, 3.63) is 24.7 Å². The maximum atomic E-state index is 5.98. The molecular formula is C18H23ClN4O2. The van der Waals surface area contributed by atoms with E-state index in [-0.39, 0.29) is 12.4 Å². The number of H-pyrrole nitrogens is 1. The van der Waals surface area contributed by atoms with Crippen LogP contribution in [0.5, 0.6) is 11.5 Å². The van der Waals surface area contributed by atoms with Crippen LogP contribution in [0.25, 0.3) is 21.9 Å². The topological polar surface area (TPSA) is 63.3 Å². The summed E-state index contributed by atoms with van der Waals surface area (Å²) in [5.74, 6) is 1.51. The fourth-order valence-corrected chi connectivity index (χ4v) is 3.39. The number of hydrogen-bond acceptors (Lipinski definition) is 5. The van der Waals surface area contributed by atoms with Crippen molar-refractivity contribution < 1.29 is 9.47 Å². The van der Waals surface area contributed by atoms with E-state index < -0.39 is 0 Å². The summed E-state index contributed by atoms with van der Waals surface area (Å²) in [4.78, 5) is 14.2. The van der Waals surface area contributed by atoms with Crippen LogP contribution in [0.1, 0.15) is 19.3 Å². The fourth-order valence-electron chi connectivity index (χ4n) is 3.39. The monoisotopic (exact) mass is 362 g/mol. The molecule has 0 aliphatic carbocycles. The second-order valence-electron chi connectivity index (χ2n) is 6.21. The third-order valence-electron chi connectivity index (χ3n) is 4.63. The summed E-state index contributed by atoms with van der Waals surface area (Å²) in [7, 11) is 1.67. The zero-order valence-corrected chi connectivity index (χ0v) is 15.1. The Labute approximate surface area is 152 Å². The summed E-state index contributed by atoms with van der Waals surface area (Å²) in [6.07, 6.45) is 7.05. The first-order valence-electron chi connectivity index (χ1n) is 8.50. The van der Waals surface area contributed by atoms with Gasteiger partial charge in [0.2, 0.25) is 0 Å². The van der Waals surface area contributed by atoms with Crippen LogP contribution in [-0.2, 0) is 0 Å². The molecule has 25 heavy (non-hydrogen) atoms. The van der Waals surface area contributed by atoms with Crippen molar-refractivity contribution in [2.24, 2.45) is 0 Å². The zero-order valence-electron chi connectivity index (χ0n) is 14.3. The van der Waals surface area contributed by atoms with Crippen LogP contribution in [0.4, 0.5) is 0 Å². The van der Waals surface area contributed by atoms with Crippen molar-refractivity contribution in [1.82, 2.24) is 19.9 Å². The highest BCUT2D eigenvalue weighted by Crippen LogP contribution is 2.35. The summed E-state index contributed by atoms with van der Waals surface area (Å²) >= 11 is 0. The zero-order chi connectivity index (χ0) is 16.4. The summed E-state index contributed by atoms with van der Waals surface area (Å²) in [6.45, 7) is 4.25. The van der Waals surface area contributed by atoms with Crippen LogP contribution in [0.15, 0.2) is 24.7 Å². The summed E-state index contributed by atoms with van der Waals surface area (Å²) in [6, 6.07) is 3.99. The van der Waals surface area contributed by atoms with Crippen LogP contribution in [-0.4, -0.2) is 53.2 Å². The number of rotatable bonds is 6. The van der Waals surface area contributed by atoms with Gasteiger partial charge in [0.15, 0.2) is 11.5 Å². The molecule has 6 nitrogen and oxygen atoms in total. The molecule has 1 fully saturated rings. The van der Waals surface area contributed by atoms with Gasteiger partial charge in [0, 0.05) is 29.6 Å². The molecule has 134 valence electrons. The first kappa shape index (κ1) is 17.8. The van der Waals surface area contributed by atoms with E-state index in [1.54, 1.807) is 13.4 Å². The quantitative estimate of drug-likeness (QED) is 0.681. The smallest absolute Gasteiger partial charge is 0.163 e. The predicted molar refractivity (Wildman–Crippen MR) is 101 cm³/mol. The van der Waals surface area contributed by atoms with Crippen LogP contribution in [0.3, 0.4) is 0 Å². The van der Waals surface area contributed by atoms with Gasteiger partial charge in [0.1, 0.15) is 12.0 Å². The SMILES string of the molecule is COc1cc2c(cc1OCCCN1CCCC1)[nH]c1ncncc12.Cl. The van der Waals surface area contributed by atoms with Crippen molar-refractivity contribution in [1.29, 1.82) is 0 Å². The van der Waals surface area contributed by atoms with Gasteiger partial charge in [0.25, 0.3) is 0 Å². The van der Waals surface area contributed by atoms with Gasteiger partial charge in [-0.25, -0.2) is 9.97 Å². The average molecular weight is 363 g/mol. The summed E-state index contributed by atoms with van der Waals surface area (Å²) < 4.78 is 11.5. The minimum atomic E-state index is 0. The first-order chi connectivity index (χ1) is 11.8. The first-order valence-corrected chi connectivity index (χ1v) is 8.50. The molecule has 4 rings (SSSR count). The van der Waals surface area contributed by atoms with Crippen LogP contribution >= 0.6 is 12.4 Å². The highest BCUT2D eigenvalue weighted by molar-refractivity contribution is 6.06. The molecule has 2 aromatic heterocycles. The number of likely N-dealkylation sites (tertiary alicyclic amines) is 1. The van der Waals surface area contributed by atoms with Crippen molar-refractivity contribution in [3.63, 3.8) is 0 Å². The van der Waals surface area contributed by atoms with E-state index in [0.29, 0.717) is 6.61 Å². The average Bonchev–Trinajstić information content (AvgIpc) is 3.25. The minimum absolute atomic E-state index is 0. The molecule has 1 aliphatic heterocycles. The molecule has 0 bridgehead atoms. The van der Waals surface area contributed by atoms with E-state index in [9.17, 15) is 0 Å². The maximum Gasteiger partial charge on any atom is 0.163 e. The molecule has 0 spiro atoms. The standard InChI is InChI=1S/C18H22N4O2.ClH/c1-23-16-9-13-14-11-19-12-20-18(14)21-15(13)10-17(16)24-8-4-7-22-5-2-3-6-22;/h9-12H,2-8H2,1H3,(H,19,20,21);1H. The Morgan fingerprint density at radius 3 is 2.80 bits per heavy atom. The molecule has 3 aromatic rings. The molecule has 0 radical (unpaired) electrons. The lowest BCUT2D eigenvalue weighted by Gasteiger charge is -2.15. The van der Waals surface area contributed by atoms with E-state index >= 15 is 0 Å². The number of hydrogen-bond donors (Lipinski definition) is 1. The Hall–Kier alpha value is -2.05. The van der Waals surface area contributed by atoms with Crippen LogP contribution < -0.4 is 9.47 Å². The highest BCUT2D eigenvalue weighted by Gasteiger charge is 2.13. The van der Waals surface area contributed by atoms with E-state index in [1.807, 2.05) is 18.3 Å². The molecule has 3 heterocycles. The van der Waals surface area contributed by atoms with Gasteiger partial charge in [0.05, 0.1) is 19.2 Å². The molecule has 0 atom stereocenters. The Morgan fingerprint density at radius 1 is 1.16 bits per heavy atom. The van der Waals surface area contributed by atoms with Crippen molar-refractivity contribution >= 4 is 34.3 Å². The third-order valence-corrected chi connectivity index (χ3v) is 4.63. The fraction of sp³-hybridized carbons (Fsp3) is 0.444. The largest absolute Gasteiger partial charge is 0.493 e. The van der Waals surface area contributed by atoms with Gasteiger partial charge >= 0.3 is 0 Å². The van der Waals surface area contributed by atoms with Gasteiger partial charge in [-0.1, -0.05) is 0 Å².